The lowest BCUT2D eigenvalue weighted by Gasteiger charge is -2.16. The molecule has 0 radical (unpaired) electrons. The first kappa shape index (κ1) is 14.1. The number of nitrogens with zero attached hydrogens (tertiary/aromatic N) is 1. The topological polar surface area (TPSA) is 24.5 Å². The molecular weight excluding hydrogens is 248 g/mol. The molecule has 110 valence electrons. The first-order valence-corrected chi connectivity index (χ1v) is 7.86. The van der Waals surface area contributed by atoms with E-state index in [1.165, 1.54) is 43.5 Å². The fraction of sp³-hybridized carbons (Fsp3) is 0.647. The molecule has 1 aliphatic carbocycles. The molecule has 0 aromatic heterocycles. The third-order valence-corrected chi connectivity index (χ3v) is 4.37. The number of nitrogens with one attached hydrogen (secondary N) is 1. The number of likely N-dealkylation sites (tertiary alicyclic amines) is 1. The Balaban J connectivity index is 1.45. The Morgan fingerprint density at radius 1 is 1.15 bits per heavy atom. The molecule has 3 nitrogen and oxygen atoms in total. The molecule has 1 heterocycles. The summed E-state index contributed by atoms with van der Waals surface area (Å²) in [5, 5.41) is 3.56. The van der Waals surface area contributed by atoms with Gasteiger partial charge in [-0.3, -0.25) is 4.90 Å². The Bertz CT molecular complexity index is 414. The molecule has 1 atom stereocenters. The molecular formula is C17H26N2O. The van der Waals surface area contributed by atoms with E-state index in [1.54, 1.807) is 7.11 Å². The quantitative estimate of drug-likeness (QED) is 0.826. The average Bonchev–Trinajstić information content (AvgIpc) is 3.19. The number of methoxy groups -OCH3 is 1. The standard InChI is InChI=1S/C17H26N2O/c1-20-13-16-8-9-19(12-16)11-15-4-2-14(3-5-15)10-18-17-6-7-17/h2-5,16-18H,6-13H2,1H3. The van der Waals surface area contributed by atoms with Gasteiger partial charge in [0.15, 0.2) is 0 Å². The molecule has 2 aliphatic rings. The van der Waals surface area contributed by atoms with Gasteiger partial charge in [-0.15, -0.1) is 0 Å². The van der Waals surface area contributed by atoms with Crippen molar-refractivity contribution >= 4 is 0 Å². The molecule has 0 amide bonds. The van der Waals surface area contributed by atoms with E-state index in [1.807, 2.05) is 0 Å². The van der Waals surface area contributed by atoms with Gasteiger partial charge in [0.05, 0.1) is 6.61 Å². The summed E-state index contributed by atoms with van der Waals surface area (Å²) in [7, 11) is 1.80. The van der Waals surface area contributed by atoms with Crippen LogP contribution in [0, 0.1) is 5.92 Å². The summed E-state index contributed by atoms with van der Waals surface area (Å²) < 4.78 is 5.26. The van der Waals surface area contributed by atoms with Crippen LogP contribution in [-0.4, -0.2) is 37.7 Å². The Morgan fingerprint density at radius 2 is 1.90 bits per heavy atom. The van der Waals surface area contributed by atoms with Crippen molar-refractivity contribution in [3.05, 3.63) is 35.4 Å². The van der Waals surface area contributed by atoms with Gasteiger partial charge in [-0.2, -0.15) is 0 Å². The molecule has 2 fully saturated rings. The van der Waals surface area contributed by atoms with Crippen molar-refractivity contribution in [2.75, 3.05) is 26.8 Å². The van der Waals surface area contributed by atoms with Crippen molar-refractivity contribution in [1.82, 2.24) is 10.2 Å². The zero-order valence-electron chi connectivity index (χ0n) is 12.5. The lowest BCUT2D eigenvalue weighted by molar-refractivity contribution is 0.152. The summed E-state index contributed by atoms with van der Waals surface area (Å²) in [5.74, 6) is 0.724. The van der Waals surface area contributed by atoms with Crippen LogP contribution in [0.4, 0.5) is 0 Å². The van der Waals surface area contributed by atoms with E-state index in [9.17, 15) is 0 Å². The monoisotopic (exact) mass is 274 g/mol. The SMILES string of the molecule is COCC1CCN(Cc2ccc(CNC3CC3)cc2)C1. The van der Waals surface area contributed by atoms with Crippen LogP contribution in [0.5, 0.6) is 0 Å². The van der Waals surface area contributed by atoms with E-state index in [0.29, 0.717) is 0 Å². The summed E-state index contributed by atoms with van der Waals surface area (Å²) in [6.07, 6.45) is 3.99. The Morgan fingerprint density at radius 3 is 2.60 bits per heavy atom. The molecule has 1 N–H and O–H groups in total. The zero-order chi connectivity index (χ0) is 13.8. The second-order valence-electron chi connectivity index (χ2n) is 6.32. The van der Waals surface area contributed by atoms with Crippen LogP contribution in [-0.2, 0) is 17.8 Å². The molecule has 0 spiro atoms. The molecule has 1 aromatic rings. The Hall–Kier alpha value is -0.900. The second kappa shape index (κ2) is 6.70. The molecule has 3 heteroatoms. The van der Waals surface area contributed by atoms with Gasteiger partial charge in [0.25, 0.3) is 0 Å². The van der Waals surface area contributed by atoms with Gasteiger partial charge < -0.3 is 10.1 Å². The highest BCUT2D eigenvalue weighted by molar-refractivity contribution is 5.22. The van der Waals surface area contributed by atoms with Crippen LogP contribution in [0.15, 0.2) is 24.3 Å². The molecule has 1 unspecified atom stereocenters. The first-order valence-electron chi connectivity index (χ1n) is 7.86. The highest BCUT2D eigenvalue weighted by Gasteiger charge is 2.22. The van der Waals surface area contributed by atoms with Crippen LogP contribution in [0.3, 0.4) is 0 Å². The molecule has 1 aliphatic heterocycles. The van der Waals surface area contributed by atoms with Gasteiger partial charge in [0.2, 0.25) is 0 Å². The van der Waals surface area contributed by atoms with Crippen molar-refractivity contribution in [2.45, 2.75) is 38.4 Å². The lowest BCUT2D eigenvalue weighted by Crippen LogP contribution is -2.21. The average molecular weight is 274 g/mol. The van der Waals surface area contributed by atoms with Crippen LogP contribution < -0.4 is 5.32 Å². The minimum Gasteiger partial charge on any atom is -0.384 e. The first-order chi connectivity index (χ1) is 9.83. The van der Waals surface area contributed by atoms with E-state index in [4.69, 9.17) is 4.74 Å². The third kappa shape index (κ3) is 4.05. The highest BCUT2D eigenvalue weighted by atomic mass is 16.5. The highest BCUT2D eigenvalue weighted by Crippen LogP contribution is 2.20. The maximum absolute atomic E-state index is 5.26. The number of hydrogen-bond donors (Lipinski definition) is 1. The van der Waals surface area contributed by atoms with Crippen molar-refractivity contribution < 1.29 is 4.74 Å². The Kier molecular flexibility index (Phi) is 4.71. The van der Waals surface area contributed by atoms with Crippen LogP contribution in [0.2, 0.25) is 0 Å². The zero-order valence-corrected chi connectivity index (χ0v) is 12.5. The maximum atomic E-state index is 5.26. The van der Waals surface area contributed by atoms with Crippen LogP contribution in [0.25, 0.3) is 0 Å². The summed E-state index contributed by atoms with van der Waals surface area (Å²) in [5.41, 5.74) is 2.83. The summed E-state index contributed by atoms with van der Waals surface area (Å²) in [6.45, 7) is 5.39. The predicted molar refractivity (Wildman–Crippen MR) is 81.6 cm³/mol. The fourth-order valence-corrected chi connectivity index (χ4v) is 3.00. The van der Waals surface area contributed by atoms with E-state index in [-0.39, 0.29) is 0 Å². The number of benzene rings is 1. The lowest BCUT2D eigenvalue weighted by atomic mass is 10.1. The predicted octanol–water partition coefficient (Wildman–Crippen LogP) is 2.41. The summed E-state index contributed by atoms with van der Waals surface area (Å²) >= 11 is 0. The van der Waals surface area contributed by atoms with Gasteiger partial charge in [0, 0.05) is 32.8 Å². The van der Waals surface area contributed by atoms with E-state index in [0.717, 1.165) is 31.7 Å². The molecule has 20 heavy (non-hydrogen) atoms. The number of rotatable bonds is 7. The second-order valence-corrected chi connectivity index (χ2v) is 6.32. The maximum Gasteiger partial charge on any atom is 0.0503 e. The summed E-state index contributed by atoms with van der Waals surface area (Å²) in [6, 6.07) is 9.90. The van der Waals surface area contributed by atoms with Gasteiger partial charge >= 0.3 is 0 Å². The molecule has 0 bridgehead atoms. The largest absolute Gasteiger partial charge is 0.384 e. The van der Waals surface area contributed by atoms with Crippen LogP contribution >= 0.6 is 0 Å². The van der Waals surface area contributed by atoms with Crippen molar-refractivity contribution in [3.8, 4) is 0 Å². The number of ether oxygens (including phenoxy) is 1. The van der Waals surface area contributed by atoms with Gasteiger partial charge in [-0.05, 0) is 42.9 Å². The Labute approximate surface area is 122 Å². The van der Waals surface area contributed by atoms with Crippen molar-refractivity contribution in [2.24, 2.45) is 5.92 Å². The van der Waals surface area contributed by atoms with E-state index in [2.05, 4.69) is 34.5 Å². The van der Waals surface area contributed by atoms with Crippen molar-refractivity contribution in [3.63, 3.8) is 0 Å². The number of hydrogen-bond acceptors (Lipinski definition) is 3. The molecule has 3 rings (SSSR count). The van der Waals surface area contributed by atoms with Crippen LogP contribution in [0.1, 0.15) is 30.4 Å². The van der Waals surface area contributed by atoms with E-state index < -0.39 is 0 Å². The van der Waals surface area contributed by atoms with Gasteiger partial charge in [0.1, 0.15) is 0 Å². The van der Waals surface area contributed by atoms with E-state index >= 15 is 0 Å². The minimum absolute atomic E-state index is 0.724. The molecule has 1 saturated carbocycles. The third-order valence-electron chi connectivity index (χ3n) is 4.37. The van der Waals surface area contributed by atoms with Gasteiger partial charge in [-0.1, -0.05) is 24.3 Å². The van der Waals surface area contributed by atoms with Gasteiger partial charge in [-0.25, -0.2) is 0 Å². The fourth-order valence-electron chi connectivity index (χ4n) is 3.00. The molecule has 1 aromatic carbocycles. The summed E-state index contributed by atoms with van der Waals surface area (Å²) in [4.78, 5) is 2.54. The molecule has 1 saturated heterocycles. The van der Waals surface area contributed by atoms with Crippen molar-refractivity contribution in [1.29, 1.82) is 0 Å². The smallest absolute Gasteiger partial charge is 0.0503 e. The minimum atomic E-state index is 0.724. The normalized spacial score (nSPS) is 23.4.